The van der Waals surface area contributed by atoms with Crippen molar-refractivity contribution in [2.45, 2.75) is 6.54 Å². The average molecular weight is 294 g/mol. The molecular weight excluding hydrogens is 282 g/mol. The summed E-state index contributed by atoms with van der Waals surface area (Å²) in [6.07, 6.45) is 3.61. The third-order valence-corrected chi connectivity index (χ3v) is 3.02. The number of nitrogens with zero attached hydrogens (tertiary/aromatic N) is 2. The van der Waals surface area contributed by atoms with Gasteiger partial charge < -0.3 is 5.32 Å². The number of amides is 1. The summed E-state index contributed by atoms with van der Waals surface area (Å²) >= 11 is 3.35. The summed E-state index contributed by atoms with van der Waals surface area (Å²) in [5, 5.41) is 6.89. The summed E-state index contributed by atoms with van der Waals surface area (Å²) in [6, 6.07) is 7.34. The van der Waals surface area contributed by atoms with Crippen LogP contribution in [0.1, 0.15) is 15.9 Å². The van der Waals surface area contributed by atoms with Gasteiger partial charge in [0.2, 0.25) is 0 Å². The van der Waals surface area contributed by atoms with E-state index in [9.17, 15) is 4.79 Å². The summed E-state index contributed by atoms with van der Waals surface area (Å²) in [6.45, 7) is 0.480. The number of nitrogens with one attached hydrogen (secondary N) is 1. The summed E-state index contributed by atoms with van der Waals surface area (Å²) in [4.78, 5) is 11.9. The van der Waals surface area contributed by atoms with E-state index in [2.05, 4.69) is 26.3 Å². The van der Waals surface area contributed by atoms with E-state index in [4.69, 9.17) is 0 Å². The van der Waals surface area contributed by atoms with Gasteiger partial charge in [0.15, 0.2) is 0 Å². The molecule has 1 N–H and O–H groups in total. The fraction of sp³-hybridized carbons (Fsp3) is 0.167. The van der Waals surface area contributed by atoms with E-state index in [-0.39, 0.29) is 5.91 Å². The first-order chi connectivity index (χ1) is 8.16. The normalized spacial score (nSPS) is 10.2. The van der Waals surface area contributed by atoms with Crippen LogP contribution >= 0.6 is 15.9 Å². The Labute approximate surface area is 108 Å². The zero-order chi connectivity index (χ0) is 12.3. The molecule has 0 unspecified atom stereocenters. The summed E-state index contributed by atoms with van der Waals surface area (Å²) in [5.41, 5.74) is 1.62. The van der Waals surface area contributed by atoms with Crippen LogP contribution in [0.25, 0.3) is 0 Å². The monoisotopic (exact) mass is 293 g/mol. The molecule has 2 rings (SSSR count). The lowest BCUT2D eigenvalue weighted by molar-refractivity contribution is 0.0950. The molecule has 0 saturated carbocycles. The number of benzene rings is 1. The molecule has 0 atom stereocenters. The summed E-state index contributed by atoms with van der Waals surface area (Å²) in [5.74, 6) is -0.0960. The maximum atomic E-state index is 11.9. The van der Waals surface area contributed by atoms with E-state index in [1.54, 1.807) is 16.9 Å². The van der Waals surface area contributed by atoms with E-state index < -0.39 is 0 Å². The second-order valence-electron chi connectivity index (χ2n) is 3.68. The van der Waals surface area contributed by atoms with Crippen LogP contribution in [0.15, 0.2) is 41.1 Å². The Morgan fingerprint density at radius 3 is 2.88 bits per heavy atom. The molecule has 0 saturated heterocycles. The van der Waals surface area contributed by atoms with Crippen molar-refractivity contribution in [3.63, 3.8) is 0 Å². The van der Waals surface area contributed by atoms with Crippen LogP contribution in [0.2, 0.25) is 0 Å². The lowest BCUT2D eigenvalue weighted by Gasteiger charge is -2.05. The minimum Gasteiger partial charge on any atom is -0.348 e. The Morgan fingerprint density at radius 1 is 1.47 bits per heavy atom. The first-order valence-corrected chi connectivity index (χ1v) is 5.96. The van der Waals surface area contributed by atoms with E-state index in [1.165, 1.54) is 0 Å². The average Bonchev–Trinajstić information content (AvgIpc) is 2.73. The molecule has 0 aliphatic carbocycles. The van der Waals surface area contributed by atoms with Gasteiger partial charge in [0.1, 0.15) is 0 Å². The second kappa shape index (κ2) is 5.14. The van der Waals surface area contributed by atoms with Gasteiger partial charge in [0.25, 0.3) is 5.91 Å². The van der Waals surface area contributed by atoms with Crippen molar-refractivity contribution in [3.05, 3.63) is 52.3 Å². The highest BCUT2D eigenvalue weighted by Gasteiger charge is 2.08. The molecule has 88 valence electrons. The molecule has 17 heavy (non-hydrogen) atoms. The lowest BCUT2D eigenvalue weighted by Crippen LogP contribution is -2.22. The van der Waals surface area contributed by atoms with Crippen LogP contribution in [0.4, 0.5) is 0 Å². The van der Waals surface area contributed by atoms with Gasteiger partial charge in [-0.25, -0.2) is 0 Å². The number of rotatable bonds is 3. The zero-order valence-electron chi connectivity index (χ0n) is 9.35. The number of carbonyl (C=O) groups excluding carboxylic acids is 1. The van der Waals surface area contributed by atoms with E-state index in [0.717, 1.165) is 10.0 Å². The number of hydrogen-bond acceptors (Lipinski definition) is 2. The number of aromatic nitrogens is 2. The number of hydrogen-bond donors (Lipinski definition) is 1. The van der Waals surface area contributed by atoms with Crippen LogP contribution < -0.4 is 5.32 Å². The largest absolute Gasteiger partial charge is 0.348 e. The van der Waals surface area contributed by atoms with Crippen LogP contribution in [0, 0.1) is 0 Å². The highest BCUT2D eigenvalue weighted by molar-refractivity contribution is 9.10. The molecular formula is C12H12BrN3O. The van der Waals surface area contributed by atoms with Gasteiger partial charge in [0, 0.05) is 29.8 Å². The van der Waals surface area contributed by atoms with Crippen molar-refractivity contribution in [1.29, 1.82) is 0 Å². The minimum absolute atomic E-state index is 0.0960. The van der Waals surface area contributed by atoms with Crippen molar-refractivity contribution in [2.75, 3.05) is 0 Å². The molecule has 4 nitrogen and oxygen atoms in total. The molecule has 1 heterocycles. The van der Waals surface area contributed by atoms with Gasteiger partial charge in [-0.1, -0.05) is 12.1 Å². The SMILES string of the molecule is Cn1cc(CNC(=O)c2ccccc2Br)cn1. The lowest BCUT2D eigenvalue weighted by atomic mass is 10.2. The maximum absolute atomic E-state index is 11.9. The van der Waals surface area contributed by atoms with Crippen LogP contribution in [-0.4, -0.2) is 15.7 Å². The molecule has 0 aliphatic heterocycles. The van der Waals surface area contributed by atoms with Crippen molar-refractivity contribution >= 4 is 21.8 Å². The topological polar surface area (TPSA) is 46.9 Å². The van der Waals surface area contributed by atoms with Crippen LogP contribution in [0.5, 0.6) is 0 Å². The summed E-state index contributed by atoms with van der Waals surface area (Å²) < 4.78 is 2.50. The van der Waals surface area contributed by atoms with Crippen LogP contribution in [0.3, 0.4) is 0 Å². The van der Waals surface area contributed by atoms with Crippen molar-refractivity contribution < 1.29 is 4.79 Å². The number of aryl methyl sites for hydroxylation is 1. The summed E-state index contributed by atoms with van der Waals surface area (Å²) in [7, 11) is 1.85. The quantitative estimate of drug-likeness (QED) is 0.942. The van der Waals surface area contributed by atoms with Gasteiger partial charge in [-0.05, 0) is 28.1 Å². The molecule has 0 radical (unpaired) electrons. The molecule has 0 bridgehead atoms. The Morgan fingerprint density at radius 2 is 2.24 bits per heavy atom. The molecule has 0 aliphatic rings. The van der Waals surface area contributed by atoms with Crippen molar-refractivity contribution in [2.24, 2.45) is 7.05 Å². The second-order valence-corrected chi connectivity index (χ2v) is 4.54. The van der Waals surface area contributed by atoms with Gasteiger partial charge in [-0.3, -0.25) is 9.48 Å². The van der Waals surface area contributed by atoms with Crippen molar-refractivity contribution in [1.82, 2.24) is 15.1 Å². The molecule has 1 aromatic carbocycles. The van der Waals surface area contributed by atoms with Gasteiger partial charge in [-0.2, -0.15) is 5.10 Å². The van der Waals surface area contributed by atoms with Crippen LogP contribution in [-0.2, 0) is 13.6 Å². The maximum Gasteiger partial charge on any atom is 0.252 e. The van der Waals surface area contributed by atoms with Gasteiger partial charge >= 0.3 is 0 Å². The fourth-order valence-electron chi connectivity index (χ4n) is 1.49. The van der Waals surface area contributed by atoms with Crippen molar-refractivity contribution in [3.8, 4) is 0 Å². The number of halogens is 1. The molecule has 1 amide bonds. The Hall–Kier alpha value is -1.62. The van der Waals surface area contributed by atoms with Gasteiger partial charge in [-0.15, -0.1) is 0 Å². The van der Waals surface area contributed by atoms with Gasteiger partial charge in [0.05, 0.1) is 11.8 Å². The zero-order valence-corrected chi connectivity index (χ0v) is 10.9. The third-order valence-electron chi connectivity index (χ3n) is 2.33. The Kier molecular flexibility index (Phi) is 3.58. The molecule has 5 heteroatoms. The predicted octanol–water partition coefficient (Wildman–Crippen LogP) is 2.11. The first-order valence-electron chi connectivity index (χ1n) is 5.17. The predicted molar refractivity (Wildman–Crippen MR) is 68.5 cm³/mol. The first kappa shape index (κ1) is 11.9. The molecule has 1 aromatic heterocycles. The highest BCUT2D eigenvalue weighted by atomic mass is 79.9. The minimum atomic E-state index is -0.0960. The number of carbonyl (C=O) groups is 1. The Bertz CT molecular complexity index is 536. The standard InChI is InChI=1S/C12H12BrN3O/c1-16-8-9(7-15-16)6-14-12(17)10-4-2-3-5-11(10)13/h2-5,7-8H,6H2,1H3,(H,14,17). The fourth-order valence-corrected chi connectivity index (χ4v) is 1.95. The molecule has 0 spiro atoms. The Balaban J connectivity index is 2.01. The van der Waals surface area contributed by atoms with E-state index in [1.807, 2.05) is 31.4 Å². The van der Waals surface area contributed by atoms with E-state index >= 15 is 0 Å². The third kappa shape index (κ3) is 2.94. The molecule has 2 aromatic rings. The highest BCUT2D eigenvalue weighted by Crippen LogP contribution is 2.15. The van der Waals surface area contributed by atoms with E-state index in [0.29, 0.717) is 12.1 Å². The smallest absolute Gasteiger partial charge is 0.252 e. The molecule has 0 fully saturated rings.